The Balaban J connectivity index is 0.00000256. The molecule has 1 spiro atoms. The van der Waals surface area contributed by atoms with Gasteiger partial charge in [-0.05, 0) is 62.1 Å². The van der Waals surface area contributed by atoms with Crippen molar-refractivity contribution in [3.8, 4) is 0 Å². The molecular formula is C22H35IN4O2S. The van der Waals surface area contributed by atoms with Crippen LogP contribution in [0.25, 0.3) is 0 Å². The number of guanidine groups is 1. The summed E-state index contributed by atoms with van der Waals surface area (Å²) in [5.41, 5.74) is 1.55. The van der Waals surface area contributed by atoms with Gasteiger partial charge in [-0.1, -0.05) is 25.0 Å². The van der Waals surface area contributed by atoms with Crippen LogP contribution in [0.1, 0.15) is 57.4 Å². The van der Waals surface area contributed by atoms with Crippen molar-refractivity contribution >= 4 is 40.0 Å². The summed E-state index contributed by atoms with van der Waals surface area (Å²) in [5.74, 6) is 0.991. The van der Waals surface area contributed by atoms with Crippen LogP contribution < -0.4 is 5.32 Å². The Morgan fingerprint density at radius 1 is 1.03 bits per heavy atom. The van der Waals surface area contributed by atoms with Crippen molar-refractivity contribution in [2.45, 2.75) is 63.3 Å². The summed E-state index contributed by atoms with van der Waals surface area (Å²) in [7, 11) is -3.34. The number of benzene rings is 1. The van der Waals surface area contributed by atoms with Crippen molar-refractivity contribution < 1.29 is 8.42 Å². The molecule has 0 bridgehead atoms. The van der Waals surface area contributed by atoms with E-state index in [2.05, 4.69) is 17.1 Å². The number of halogens is 1. The fraction of sp³-hybridized carbons (Fsp3) is 0.682. The van der Waals surface area contributed by atoms with Gasteiger partial charge in [0, 0.05) is 32.7 Å². The molecule has 1 aromatic rings. The second-order valence-corrected chi connectivity index (χ2v) is 10.7. The number of rotatable bonds is 5. The summed E-state index contributed by atoms with van der Waals surface area (Å²) >= 11 is 0. The van der Waals surface area contributed by atoms with E-state index in [-0.39, 0.29) is 24.0 Å². The van der Waals surface area contributed by atoms with Gasteiger partial charge in [-0.2, -0.15) is 4.31 Å². The smallest absolute Gasteiger partial charge is 0.243 e. The van der Waals surface area contributed by atoms with Gasteiger partial charge in [0.05, 0.1) is 11.4 Å². The Morgan fingerprint density at radius 2 is 1.70 bits per heavy atom. The van der Waals surface area contributed by atoms with Crippen LogP contribution in [-0.2, 0) is 16.6 Å². The minimum absolute atomic E-state index is 0. The molecule has 0 radical (unpaired) electrons. The normalized spacial score (nSPS) is 21.9. The van der Waals surface area contributed by atoms with Gasteiger partial charge in [-0.15, -0.1) is 24.0 Å². The zero-order chi connectivity index (χ0) is 20.3. The Labute approximate surface area is 198 Å². The van der Waals surface area contributed by atoms with Crippen molar-refractivity contribution in [1.82, 2.24) is 14.5 Å². The molecule has 1 N–H and O–H groups in total. The Kier molecular flexibility index (Phi) is 8.06. The van der Waals surface area contributed by atoms with Gasteiger partial charge < -0.3 is 10.2 Å². The molecule has 168 valence electrons. The molecule has 0 aromatic heterocycles. The predicted octanol–water partition coefficient (Wildman–Crippen LogP) is 3.82. The average molecular weight is 547 g/mol. The summed E-state index contributed by atoms with van der Waals surface area (Å²) in [6, 6.07) is 7.26. The molecule has 8 heteroatoms. The van der Waals surface area contributed by atoms with Crippen LogP contribution >= 0.6 is 24.0 Å². The van der Waals surface area contributed by atoms with E-state index < -0.39 is 10.0 Å². The first-order valence-corrected chi connectivity index (χ1v) is 12.6. The van der Waals surface area contributed by atoms with Crippen molar-refractivity contribution in [2.24, 2.45) is 10.4 Å². The van der Waals surface area contributed by atoms with Crippen LogP contribution in [0.5, 0.6) is 0 Å². The van der Waals surface area contributed by atoms with Gasteiger partial charge in [0.1, 0.15) is 0 Å². The SMILES string of the molecule is CCNC(=NCc1ccc(S(=O)(=O)N2CCCC2)cc1)N1CCC2(CCCC2)C1.I. The number of nitrogens with one attached hydrogen (secondary N) is 1. The van der Waals surface area contributed by atoms with Crippen molar-refractivity contribution in [3.63, 3.8) is 0 Å². The number of hydrogen-bond acceptors (Lipinski definition) is 3. The van der Waals surface area contributed by atoms with E-state index in [9.17, 15) is 8.42 Å². The quantitative estimate of drug-likeness (QED) is 0.347. The average Bonchev–Trinajstić information content (AvgIpc) is 3.49. The summed E-state index contributed by atoms with van der Waals surface area (Å²) in [4.78, 5) is 7.67. The third-order valence-corrected chi connectivity index (χ3v) is 8.69. The lowest BCUT2D eigenvalue weighted by Crippen LogP contribution is -2.41. The first-order chi connectivity index (χ1) is 14.0. The van der Waals surface area contributed by atoms with Crippen LogP contribution in [0.15, 0.2) is 34.2 Å². The second-order valence-electron chi connectivity index (χ2n) is 8.80. The second kappa shape index (κ2) is 10.2. The van der Waals surface area contributed by atoms with Gasteiger partial charge >= 0.3 is 0 Å². The molecule has 30 heavy (non-hydrogen) atoms. The van der Waals surface area contributed by atoms with Gasteiger partial charge in [-0.25, -0.2) is 13.4 Å². The van der Waals surface area contributed by atoms with E-state index in [1.807, 2.05) is 12.1 Å². The highest BCUT2D eigenvalue weighted by Crippen LogP contribution is 2.45. The van der Waals surface area contributed by atoms with Gasteiger partial charge in [0.25, 0.3) is 0 Å². The largest absolute Gasteiger partial charge is 0.357 e. The standard InChI is InChI=1S/C22H34N4O2S.HI/c1-2-23-21(25-16-13-22(18-25)11-3-4-12-22)24-17-19-7-9-20(10-8-19)29(27,28)26-14-5-6-15-26;/h7-10H,2-6,11-18H2,1H3,(H,23,24);1H. The fourth-order valence-corrected chi connectivity index (χ4v) is 6.60. The van der Waals surface area contributed by atoms with Crippen molar-refractivity contribution in [1.29, 1.82) is 0 Å². The van der Waals surface area contributed by atoms with Gasteiger partial charge in [0.2, 0.25) is 10.0 Å². The molecule has 1 aliphatic carbocycles. The molecule has 2 heterocycles. The van der Waals surface area contributed by atoms with E-state index in [1.165, 1.54) is 32.1 Å². The van der Waals surface area contributed by atoms with E-state index in [4.69, 9.17) is 4.99 Å². The molecule has 6 nitrogen and oxygen atoms in total. The third kappa shape index (κ3) is 5.12. The fourth-order valence-electron chi connectivity index (χ4n) is 5.09. The van der Waals surface area contributed by atoms with E-state index in [0.29, 0.717) is 29.9 Å². The zero-order valence-corrected chi connectivity index (χ0v) is 21.1. The zero-order valence-electron chi connectivity index (χ0n) is 18.0. The number of likely N-dealkylation sites (tertiary alicyclic amines) is 1. The molecule has 1 saturated carbocycles. The van der Waals surface area contributed by atoms with Crippen LogP contribution in [0.4, 0.5) is 0 Å². The molecule has 0 atom stereocenters. The molecule has 0 amide bonds. The maximum absolute atomic E-state index is 12.7. The van der Waals surface area contributed by atoms with E-state index in [0.717, 1.165) is 44.0 Å². The number of sulfonamides is 1. The first kappa shape index (κ1) is 23.8. The highest BCUT2D eigenvalue weighted by atomic mass is 127. The third-order valence-electron chi connectivity index (χ3n) is 6.77. The Hall–Kier alpha value is -0.870. The minimum atomic E-state index is -3.34. The monoisotopic (exact) mass is 546 g/mol. The lowest BCUT2D eigenvalue weighted by molar-refractivity contribution is 0.309. The van der Waals surface area contributed by atoms with E-state index in [1.54, 1.807) is 16.4 Å². The van der Waals surface area contributed by atoms with Crippen molar-refractivity contribution in [3.05, 3.63) is 29.8 Å². The summed E-state index contributed by atoms with van der Waals surface area (Å²) in [6.07, 6.45) is 8.64. The first-order valence-electron chi connectivity index (χ1n) is 11.1. The minimum Gasteiger partial charge on any atom is -0.357 e. The number of hydrogen-bond donors (Lipinski definition) is 1. The Bertz CT molecular complexity index is 829. The summed E-state index contributed by atoms with van der Waals surface area (Å²) < 4.78 is 26.9. The lowest BCUT2D eigenvalue weighted by Gasteiger charge is -2.26. The maximum Gasteiger partial charge on any atom is 0.243 e. The summed E-state index contributed by atoms with van der Waals surface area (Å²) in [6.45, 7) is 7.00. The Morgan fingerprint density at radius 3 is 2.33 bits per heavy atom. The van der Waals surface area contributed by atoms with E-state index >= 15 is 0 Å². The van der Waals surface area contributed by atoms with Crippen molar-refractivity contribution in [2.75, 3.05) is 32.7 Å². The molecular weight excluding hydrogens is 511 g/mol. The highest BCUT2D eigenvalue weighted by molar-refractivity contribution is 14.0. The number of aliphatic imine (C=N–C) groups is 1. The number of nitrogens with zero attached hydrogens (tertiary/aromatic N) is 3. The van der Waals surface area contributed by atoms with Crippen LogP contribution in [0, 0.1) is 5.41 Å². The highest BCUT2D eigenvalue weighted by Gasteiger charge is 2.41. The lowest BCUT2D eigenvalue weighted by atomic mass is 9.86. The molecule has 3 fully saturated rings. The van der Waals surface area contributed by atoms with Crippen LogP contribution in [0.2, 0.25) is 0 Å². The molecule has 1 aromatic carbocycles. The predicted molar refractivity (Wildman–Crippen MR) is 132 cm³/mol. The van der Waals surface area contributed by atoms with Gasteiger partial charge in [0.15, 0.2) is 5.96 Å². The molecule has 3 aliphatic rings. The van der Waals surface area contributed by atoms with Crippen LogP contribution in [-0.4, -0.2) is 56.3 Å². The molecule has 2 saturated heterocycles. The topological polar surface area (TPSA) is 65.0 Å². The molecule has 0 unspecified atom stereocenters. The van der Waals surface area contributed by atoms with Crippen LogP contribution in [0.3, 0.4) is 0 Å². The summed E-state index contributed by atoms with van der Waals surface area (Å²) in [5, 5.41) is 3.45. The molecule has 4 rings (SSSR count). The maximum atomic E-state index is 12.7. The molecule has 2 aliphatic heterocycles. The van der Waals surface area contributed by atoms with Gasteiger partial charge in [-0.3, -0.25) is 0 Å².